The van der Waals surface area contributed by atoms with Crippen LogP contribution in [0.4, 0.5) is 0 Å². The summed E-state index contributed by atoms with van der Waals surface area (Å²) in [6.07, 6.45) is 4.45. The lowest BCUT2D eigenvalue weighted by Crippen LogP contribution is -2.35. The van der Waals surface area contributed by atoms with Gasteiger partial charge in [0, 0.05) is 30.3 Å². The van der Waals surface area contributed by atoms with E-state index in [-0.39, 0.29) is 5.91 Å². The van der Waals surface area contributed by atoms with Crippen molar-refractivity contribution < 1.29 is 9.21 Å². The fourth-order valence-electron chi connectivity index (χ4n) is 2.98. The quantitative estimate of drug-likeness (QED) is 0.731. The molecule has 1 saturated heterocycles. The van der Waals surface area contributed by atoms with Gasteiger partial charge < -0.3 is 14.6 Å². The first-order valence-corrected chi connectivity index (χ1v) is 9.99. The molecule has 6 nitrogen and oxygen atoms in total. The Balaban J connectivity index is 1.29. The molecule has 3 rings (SSSR count). The summed E-state index contributed by atoms with van der Waals surface area (Å²) in [7, 11) is 0. The number of aryl methyl sites for hydroxylation is 1. The molecule has 25 heavy (non-hydrogen) atoms. The summed E-state index contributed by atoms with van der Waals surface area (Å²) in [4.78, 5) is 14.4. The number of nitrogens with one attached hydrogen (secondary N) is 1. The standard InChI is InChI=1S/C18H26N4O2S/c1-14-5-10-22(11-6-14)9-2-8-19-16(23)3-4-17-20-21-18(24-17)15-7-12-25-13-15/h7,12-14H,2-6,8-11H2,1H3,(H,19,23). The number of thiophene rings is 1. The van der Waals surface area contributed by atoms with Crippen molar-refractivity contribution in [3.8, 4) is 11.5 Å². The average molecular weight is 362 g/mol. The lowest BCUT2D eigenvalue weighted by atomic mass is 9.99. The molecule has 0 aromatic carbocycles. The summed E-state index contributed by atoms with van der Waals surface area (Å²) < 4.78 is 5.59. The third kappa shape index (κ3) is 5.64. The van der Waals surface area contributed by atoms with Gasteiger partial charge in [-0.15, -0.1) is 10.2 Å². The normalized spacial score (nSPS) is 16.2. The van der Waals surface area contributed by atoms with Gasteiger partial charge in [-0.25, -0.2) is 0 Å². The minimum atomic E-state index is 0.0440. The third-order valence-electron chi connectivity index (χ3n) is 4.65. The maximum Gasteiger partial charge on any atom is 0.248 e. The van der Waals surface area contributed by atoms with Crippen LogP contribution in [0.25, 0.3) is 11.5 Å². The van der Waals surface area contributed by atoms with Crippen molar-refractivity contribution in [1.29, 1.82) is 0 Å². The highest BCUT2D eigenvalue weighted by molar-refractivity contribution is 7.08. The van der Waals surface area contributed by atoms with Crippen molar-refractivity contribution in [2.75, 3.05) is 26.2 Å². The van der Waals surface area contributed by atoms with Crippen LogP contribution in [0.5, 0.6) is 0 Å². The highest BCUT2D eigenvalue weighted by atomic mass is 32.1. The van der Waals surface area contributed by atoms with Crippen molar-refractivity contribution >= 4 is 17.2 Å². The highest BCUT2D eigenvalue weighted by Crippen LogP contribution is 2.20. The van der Waals surface area contributed by atoms with E-state index in [2.05, 4.69) is 27.3 Å². The molecule has 0 bridgehead atoms. The summed E-state index contributed by atoms with van der Waals surface area (Å²) in [5, 5.41) is 14.9. The summed E-state index contributed by atoms with van der Waals surface area (Å²) in [6.45, 7) is 6.51. The predicted molar refractivity (Wildman–Crippen MR) is 98.4 cm³/mol. The summed E-state index contributed by atoms with van der Waals surface area (Å²) in [5.74, 6) is 1.94. The maximum atomic E-state index is 11.9. The molecule has 0 aliphatic carbocycles. The SMILES string of the molecule is CC1CCN(CCCNC(=O)CCc2nnc(-c3ccsc3)o2)CC1. The van der Waals surface area contributed by atoms with Gasteiger partial charge in [0.25, 0.3) is 0 Å². The molecule has 0 saturated carbocycles. The molecule has 3 heterocycles. The molecule has 1 N–H and O–H groups in total. The number of piperidine rings is 1. The van der Waals surface area contributed by atoms with Crippen molar-refractivity contribution in [2.45, 2.75) is 39.0 Å². The fourth-order valence-corrected chi connectivity index (χ4v) is 3.61. The van der Waals surface area contributed by atoms with Crippen LogP contribution in [-0.4, -0.2) is 47.2 Å². The predicted octanol–water partition coefficient (Wildman–Crippen LogP) is 2.97. The van der Waals surface area contributed by atoms with E-state index in [1.807, 2.05) is 16.8 Å². The van der Waals surface area contributed by atoms with Gasteiger partial charge in [0.05, 0.1) is 0 Å². The van der Waals surface area contributed by atoms with E-state index in [1.54, 1.807) is 11.3 Å². The molecule has 2 aromatic heterocycles. The zero-order valence-electron chi connectivity index (χ0n) is 14.7. The van der Waals surface area contributed by atoms with Crippen LogP contribution in [0.1, 0.15) is 38.5 Å². The minimum absolute atomic E-state index is 0.0440. The molecule has 1 fully saturated rings. The van der Waals surface area contributed by atoms with E-state index < -0.39 is 0 Å². The van der Waals surface area contributed by atoms with Gasteiger partial charge in [-0.1, -0.05) is 6.92 Å². The fraction of sp³-hybridized carbons (Fsp3) is 0.611. The first-order valence-electron chi connectivity index (χ1n) is 9.04. The van der Waals surface area contributed by atoms with Gasteiger partial charge >= 0.3 is 0 Å². The molecule has 1 aliphatic rings. The average Bonchev–Trinajstić information content (AvgIpc) is 3.29. The van der Waals surface area contributed by atoms with E-state index in [4.69, 9.17) is 4.42 Å². The Bertz CT molecular complexity index is 648. The van der Waals surface area contributed by atoms with E-state index in [9.17, 15) is 4.79 Å². The summed E-state index contributed by atoms with van der Waals surface area (Å²) >= 11 is 1.59. The molecule has 1 amide bonds. The highest BCUT2D eigenvalue weighted by Gasteiger charge is 2.15. The van der Waals surface area contributed by atoms with Gasteiger partial charge in [-0.3, -0.25) is 4.79 Å². The number of carbonyl (C=O) groups is 1. The maximum absolute atomic E-state index is 11.9. The van der Waals surface area contributed by atoms with E-state index in [0.29, 0.717) is 24.6 Å². The Morgan fingerprint density at radius 1 is 1.40 bits per heavy atom. The van der Waals surface area contributed by atoms with Gasteiger partial charge in [0.1, 0.15) is 0 Å². The summed E-state index contributed by atoms with van der Waals surface area (Å²) in [5.41, 5.74) is 0.931. The molecule has 7 heteroatoms. The Morgan fingerprint density at radius 3 is 3.00 bits per heavy atom. The number of likely N-dealkylation sites (tertiary alicyclic amines) is 1. The molecule has 0 unspecified atom stereocenters. The molecule has 136 valence electrons. The van der Waals surface area contributed by atoms with Crippen LogP contribution in [0, 0.1) is 5.92 Å². The molecule has 0 spiro atoms. The molecule has 0 radical (unpaired) electrons. The zero-order valence-corrected chi connectivity index (χ0v) is 15.6. The monoisotopic (exact) mass is 362 g/mol. The number of carbonyl (C=O) groups excluding carboxylic acids is 1. The second-order valence-corrected chi connectivity index (χ2v) is 7.52. The van der Waals surface area contributed by atoms with Gasteiger partial charge in [0.15, 0.2) is 0 Å². The first kappa shape index (κ1) is 18.1. The van der Waals surface area contributed by atoms with Crippen molar-refractivity contribution in [2.24, 2.45) is 5.92 Å². The van der Waals surface area contributed by atoms with Crippen LogP contribution in [-0.2, 0) is 11.2 Å². The molecule has 2 aromatic rings. The first-order chi connectivity index (χ1) is 12.2. The van der Waals surface area contributed by atoms with E-state index in [1.165, 1.54) is 25.9 Å². The van der Waals surface area contributed by atoms with Crippen LogP contribution in [0.2, 0.25) is 0 Å². The Morgan fingerprint density at radius 2 is 2.24 bits per heavy atom. The van der Waals surface area contributed by atoms with Gasteiger partial charge in [-0.05, 0) is 56.3 Å². The van der Waals surface area contributed by atoms with Crippen molar-refractivity contribution in [1.82, 2.24) is 20.4 Å². The Kier molecular flexibility index (Phi) is 6.58. The number of hydrogen-bond donors (Lipinski definition) is 1. The van der Waals surface area contributed by atoms with E-state index >= 15 is 0 Å². The van der Waals surface area contributed by atoms with Crippen molar-refractivity contribution in [3.63, 3.8) is 0 Å². The third-order valence-corrected chi connectivity index (χ3v) is 5.33. The van der Waals surface area contributed by atoms with Crippen molar-refractivity contribution in [3.05, 3.63) is 22.7 Å². The lowest BCUT2D eigenvalue weighted by molar-refractivity contribution is -0.121. The Labute approximate surface area is 152 Å². The summed E-state index contributed by atoms with van der Waals surface area (Å²) in [6, 6.07) is 1.94. The lowest BCUT2D eigenvalue weighted by Gasteiger charge is -2.30. The molecular weight excluding hydrogens is 336 g/mol. The topological polar surface area (TPSA) is 71.3 Å². The smallest absolute Gasteiger partial charge is 0.248 e. The minimum Gasteiger partial charge on any atom is -0.421 e. The largest absolute Gasteiger partial charge is 0.421 e. The van der Waals surface area contributed by atoms with Crippen LogP contribution < -0.4 is 5.32 Å². The second-order valence-electron chi connectivity index (χ2n) is 6.74. The molecule has 1 aliphatic heterocycles. The zero-order chi connectivity index (χ0) is 17.5. The Hall–Kier alpha value is -1.73. The second kappa shape index (κ2) is 9.10. The van der Waals surface area contributed by atoms with Crippen LogP contribution >= 0.6 is 11.3 Å². The number of hydrogen-bond acceptors (Lipinski definition) is 6. The number of nitrogens with zero attached hydrogens (tertiary/aromatic N) is 3. The van der Waals surface area contributed by atoms with Crippen LogP contribution in [0.3, 0.4) is 0 Å². The van der Waals surface area contributed by atoms with Crippen LogP contribution in [0.15, 0.2) is 21.2 Å². The number of rotatable bonds is 8. The van der Waals surface area contributed by atoms with E-state index in [0.717, 1.165) is 31.0 Å². The molecule has 0 atom stereocenters. The molecular formula is C18H26N4O2S. The number of amides is 1. The number of aromatic nitrogens is 2. The van der Waals surface area contributed by atoms with Gasteiger partial charge in [-0.2, -0.15) is 11.3 Å². The van der Waals surface area contributed by atoms with Gasteiger partial charge in [0.2, 0.25) is 17.7 Å².